The van der Waals surface area contributed by atoms with Gasteiger partial charge in [-0.1, -0.05) is 6.92 Å². The van der Waals surface area contributed by atoms with Gasteiger partial charge in [0.15, 0.2) is 0 Å². The first-order valence-electron chi connectivity index (χ1n) is 8.86. The van der Waals surface area contributed by atoms with Crippen molar-refractivity contribution in [3.8, 4) is 5.69 Å². The van der Waals surface area contributed by atoms with Crippen LogP contribution in [0.4, 0.5) is 10.2 Å². The smallest absolute Gasteiger partial charge is 0.225 e. The van der Waals surface area contributed by atoms with E-state index in [2.05, 4.69) is 22.7 Å². The first kappa shape index (κ1) is 17.6. The molecule has 134 valence electrons. The number of carbonyl (C=O) groups excluding carboxylic acids is 1. The fourth-order valence-electron chi connectivity index (χ4n) is 3.39. The van der Waals surface area contributed by atoms with Crippen molar-refractivity contribution in [2.45, 2.75) is 33.1 Å². The summed E-state index contributed by atoms with van der Waals surface area (Å²) in [4.78, 5) is 12.5. The highest BCUT2D eigenvalue weighted by Crippen LogP contribution is 2.24. The van der Waals surface area contributed by atoms with Crippen molar-refractivity contribution >= 4 is 11.7 Å². The standard InChI is InChI=1S/C19H25FN4O/c1-13(15-4-3-9-21-12-15)10-19(25)22-18-11-14(2)23-24(18)17-7-5-16(20)6-8-17/h5-8,11,13,15,21H,3-4,9-10,12H2,1-2H3,(H,22,25). The number of hydrogen-bond acceptors (Lipinski definition) is 3. The maximum Gasteiger partial charge on any atom is 0.225 e. The van der Waals surface area contributed by atoms with Gasteiger partial charge in [-0.15, -0.1) is 0 Å². The SMILES string of the molecule is Cc1cc(NC(=O)CC(C)C2CCCNC2)n(-c2ccc(F)cc2)n1. The number of nitrogens with one attached hydrogen (secondary N) is 2. The van der Waals surface area contributed by atoms with Crippen LogP contribution in [0.3, 0.4) is 0 Å². The molecule has 0 spiro atoms. The van der Waals surface area contributed by atoms with Gasteiger partial charge in [-0.05, 0) is 69.0 Å². The third-order valence-corrected chi connectivity index (χ3v) is 4.82. The maximum absolute atomic E-state index is 13.1. The second kappa shape index (κ2) is 7.78. The fourth-order valence-corrected chi connectivity index (χ4v) is 3.39. The molecule has 1 fully saturated rings. The molecule has 1 saturated heterocycles. The van der Waals surface area contributed by atoms with Gasteiger partial charge in [0, 0.05) is 12.5 Å². The molecule has 5 nitrogen and oxygen atoms in total. The molecule has 0 radical (unpaired) electrons. The highest BCUT2D eigenvalue weighted by Gasteiger charge is 2.22. The Hall–Kier alpha value is -2.21. The van der Waals surface area contributed by atoms with Crippen LogP contribution in [0.1, 0.15) is 31.9 Å². The molecular weight excluding hydrogens is 319 g/mol. The van der Waals surface area contributed by atoms with Crippen molar-refractivity contribution in [1.82, 2.24) is 15.1 Å². The van der Waals surface area contributed by atoms with Gasteiger partial charge in [-0.2, -0.15) is 5.10 Å². The molecule has 0 saturated carbocycles. The first-order valence-corrected chi connectivity index (χ1v) is 8.86. The van der Waals surface area contributed by atoms with Crippen LogP contribution in [-0.2, 0) is 4.79 Å². The number of halogens is 1. The van der Waals surface area contributed by atoms with Gasteiger partial charge in [0.25, 0.3) is 0 Å². The van der Waals surface area contributed by atoms with Gasteiger partial charge in [-0.3, -0.25) is 4.79 Å². The van der Waals surface area contributed by atoms with E-state index in [4.69, 9.17) is 0 Å². The lowest BCUT2D eigenvalue weighted by Crippen LogP contribution is -2.34. The Morgan fingerprint density at radius 2 is 2.20 bits per heavy atom. The zero-order valence-corrected chi connectivity index (χ0v) is 14.8. The van der Waals surface area contributed by atoms with Gasteiger partial charge >= 0.3 is 0 Å². The van der Waals surface area contributed by atoms with Crippen LogP contribution in [0, 0.1) is 24.6 Å². The topological polar surface area (TPSA) is 59.0 Å². The predicted octanol–water partition coefficient (Wildman–Crippen LogP) is 3.28. The highest BCUT2D eigenvalue weighted by molar-refractivity contribution is 5.90. The van der Waals surface area contributed by atoms with Gasteiger partial charge < -0.3 is 10.6 Å². The van der Waals surface area contributed by atoms with Crippen LogP contribution in [-0.4, -0.2) is 28.8 Å². The molecule has 2 atom stereocenters. The molecule has 1 aliphatic rings. The molecule has 1 amide bonds. The number of aromatic nitrogens is 2. The monoisotopic (exact) mass is 344 g/mol. The molecule has 2 aromatic rings. The summed E-state index contributed by atoms with van der Waals surface area (Å²) in [5, 5.41) is 10.8. The van der Waals surface area contributed by atoms with E-state index < -0.39 is 0 Å². The molecule has 25 heavy (non-hydrogen) atoms. The van der Waals surface area contributed by atoms with Gasteiger partial charge in [0.2, 0.25) is 5.91 Å². The Morgan fingerprint density at radius 1 is 1.44 bits per heavy atom. The van der Waals surface area contributed by atoms with Crippen molar-refractivity contribution in [1.29, 1.82) is 0 Å². The van der Waals surface area contributed by atoms with E-state index >= 15 is 0 Å². The zero-order chi connectivity index (χ0) is 17.8. The van der Waals surface area contributed by atoms with Crippen LogP contribution in [0.15, 0.2) is 30.3 Å². The number of hydrogen-bond donors (Lipinski definition) is 2. The molecule has 1 aliphatic heterocycles. The Morgan fingerprint density at radius 3 is 2.88 bits per heavy atom. The van der Waals surface area contributed by atoms with Crippen molar-refractivity contribution in [2.75, 3.05) is 18.4 Å². The molecule has 6 heteroatoms. The van der Waals surface area contributed by atoms with Crippen molar-refractivity contribution in [3.63, 3.8) is 0 Å². The summed E-state index contributed by atoms with van der Waals surface area (Å²) in [5.41, 5.74) is 1.51. The third kappa shape index (κ3) is 4.45. The van der Waals surface area contributed by atoms with E-state index in [-0.39, 0.29) is 11.7 Å². The predicted molar refractivity (Wildman–Crippen MR) is 96.3 cm³/mol. The van der Waals surface area contributed by atoms with Crippen molar-refractivity contribution in [2.24, 2.45) is 11.8 Å². The quantitative estimate of drug-likeness (QED) is 0.875. The molecule has 2 heterocycles. The summed E-state index contributed by atoms with van der Waals surface area (Å²) < 4.78 is 14.8. The molecule has 0 bridgehead atoms. The van der Waals surface area contributed by atoms with E-state index in [0.29, 0.717) is 29.8 Å². The number of rotatable bonds is 5. The first-order chi connectivity index (χ1) is 12.0. The maximum atomic E-state index is 13.1. The molecule has 1 aromatic heterocycles. The summed E-state index contributed by atoms with van der Waals surface area (Å²) in [5.74, 6) is 1.18. The van der Waals surface area contributed by atoms with Gasteiger partial charge in [0.1, 0.15) is 11.6 Å². The second-order valence-electron chi connectivity index (χ2n) is 6.90. The Bertz CT molecular complexity index is 720. The molecule has 1 aromatic carbocycles. The minimum atomic E-state index is -0.298. The van der Waals surface area contributed by atoms with Crippen LogP contribution in [0.25, 0.3) is 5.69 Å². The molecule has 2 unspecified atom stereocenters. The lowest BCUT2D eigenvalue weighted by Gasteiger charge is -2.28. The average molecular weight is 344 g/mol. The highest BCUT2D eigenvalue weighted by atomic mass is 19.1. The number of aryl methyl sites for hydroxylation is 1. The van der Waals surface area contributed by atoms with E-state index in [1.54, 1.807) is 16.8 Å². The molecule has 0 aliphatic carbocycles. The molecular formula is C19H25FN4O. The summed E-state index contributed by atoms with van der Waals surface area (Å²) in [7, 11) is 0. The summed E-state index contributed by atoms with van der Waals surface area (Å²) in [6.45, 7) is 6.07. The lowest BCUT2D eigenvalue weighted by atomic mass is 9.85. The van der Waals surface area contributed by atoms with Crippen LogP contribution in [0.2, 0.25) is 0 Å². The van der Waals surface area contributed by atoms with Crippen LogP contribution >= 0.6 is 0 Å². The Kier molecular flexibility index (Phi) is 5.48. The average Bonchev–Trinajstić information content (AvgIpc) is 2.96. The molecule has 3 rings (SSSR count). The second-order valence-corrected chi connectivity index (χ2v) is 6.90. The minimum absolute atomic E-state index is 0.0127. The van der Waals surface area contributed by atoms with Crippen LogP contribution < -0.4 is 10.6 Å². The minimum Gasteiger partial charge on any atom is -0.316 e. The number of carbonyl (C=O) groups is 1. The number of nitrogens with zero attached hydrogens (tertiary/aromatic N) is 2. The Balaban J connectivity index is 1.68. The number of benzene rings is 1. The lowest BCUT2D eigenvalue weighted by molar-refractivity contribution is -0.117. The van der Waals surface area contributed by atoms with E-state index in [1.807, 2.05) is 13.0 Å². The normalized spacial score (nSPS) is 18.8. The van der Waals surface area contributed by atoms with Gasteiger partial charge in [-0.25, -0.2) is 9.07 Å². The van der Waals surface area contributed by atoms with E-state index in [9.17, 15) is 9.18 Å². The molecule has 2 N–H and O–H groups in total. The van der Waals surface area contributed by atoms with E-state index in [1.165, 1.54) is 25.0 Å². The van der Waals surface area contributed by atoms with E-state index in [0.717, 1.165) is 18.8 Å². The largest absolute Gasteiger partial charge is 0.316 e. The summed E-state index contributed by atoms with van der Waals surface area (Å²) >= 11 is 0. The zero-order valence-electron chi connectivity index (χ0n) is 14.8. The number of anilines is 1. The fraction of sp³-hybridized carbons (Fsp3) is 0.474. The van der Waals surface area contributed by atoms with Gasteiger partial charge in [0.05, 0.1) is 11.4 Å². The summed E-state index contributed by atoms with van der Waals surface area (Å²) in [6, 6.07) is 7.89. The number of amides is 1. The third-order valence-electron chi connectivity index (χ3n) is 4.82. The van der Waals surface area contributed by atoms with Crippen molar-refractivity contribution in [3.05, 3.63) is 41.8 Å². The van der Waals surface area contributed by atoms with Crippen molar-refractivity contribution < 1.29 is 9.18 Å². The van der Waals surface area contributed by atoms with Crippen LogP contribution in [0.5, 0.6) is 0 Å². The Labute approximate surface area is 147 Å². The summed E-state index contributed by atoms with van der Waals surface area (Å²) in [6.07, 6.45) is 2.83. The number of piperidine rings is 1.